The van der Waals surface area contributed by atoms with E-state index < -0.39 is 0 Å². The first kappa shape index (κ1) is 11.6. The fourth-order valence-electron chi connectivity index (χ4n) is 1.66. The van der Waals surface area contributed by atoms with Gasteiger partial charge in [0.05, 0.1) is 5.69 Å². The lowest BCUT2D eigenvalue weighted by Gasteiger charge is -2.06. The van der Waals surface area contributed by atoms with Gasteiger partial charge in [-0.1, -0.05) is 19.9 Å². The van der Waals surface area contributed by atoms with E-state index in [4.69, 9.17) is 5.73 Å². The minimum Gasteiger partial charge on any atom is -0.398 e. The van der Waals surface area contributed by atoms with Crippen molar-refractivity contribution >= 4 is 5.69 Å². The number of rotatable bonds is 2. The van der Waals surface area contributed by atoms with Gasteiger partial charge in [0.1, 0.15) is 5.82 Å². The molecule has 1 aromatic carbocycles. The van der Waals surface area contributed by atoms with Crippen LogP contribution in [0.5, 0.6) is 0 Å². The molecule has 2 aromatic rings. The van der Waals surface area contributed by atoms with E-state index in [0.717, 1.165) is 28.6 Å². The van der Waals surface area contributed by atoms with Gasteiger partial charge in [0, 0.05) is 11.6 Å². The number of nitrogen functional groups attached to an aromatic ring is 1. The summed E-state index contributed by atoms with van der Waals surface area (Å²) in [6.45, 7) is 8.12. The molecule has 0 aliphatic carbocycles. The molecule has 0 aliphatic heterocycles. The molecule has 90 valence electrons. The standard InChI is InChI=1S/C13H18N4/c1-8(2)13-15-10(4)17(16-13)11-6-5-9(3)12(14)7-11/h5-8H,14H2,1-4H3. The monoisotopic (exact) mass is 230 g/mol. The third-order valence-electron chi connectivity index (χ3n) is 2.81. The zero-order valence-corrected chi connectivity index (χ0v) is 10.7. The summed E-state index contributed by atoms with van der Waals surface area (Å²) in [5.74, 6) is 2.08. The Bertz CT molecular complexity index is 540. The van der Waals surface area contributed by atoms with Crippen LogP contribution in [0.25, 0.3) is 5.69 Å². The van der Waals surface area contributed by atoms with E-state index in [9.17, 15) is 0 Å². The zero-order chi connectivity index (χ0) is 12.6. The summed E-state index contributed by atoms with van der Waals surface area (Å²) in [5, 5.41) is 4.50. The molecule has 1 aromatic heterocycles. The molecule has 2 rings (SSSR count). The van der Waals surface area contributed by atoms with Crippen LogP contribution < -0.4 is 5.73 Å². The minimum absolute atomic E-state index is 0.331. The first-order valence-corrected chi connectivity index (χ1v) is 5.79. The Balaban J connectivity index is 2.49. The van der Waals surface area contributed by atoms with Crippen molar-refractivity contribution in [2.75, 3.05) is 5.73 Å². The van der Waals surface area contributed by atoms with Crippen LogP contribution in [-0.4, -0.2) is 14.8 Å². The topological polar surface area (TPSA) is 56.7 Å². The third-order valence-corrected chi connectivity index (χ3v) is 2.81. The van der Waals surface area contributed by atoms with E-state index in [1.165, 1.54) is 0 Å². The maximum atomic E-state index is 5.91. The van der Waals surface area contributed by atoms with Crippen molar-refractivity contribution in [3.8, 4) is 5.69 Å². The molecule has 4 nitrogen and oxygen atoms in total. The number of nitrogens with two attached hydrogens (primary N) is 1. The number of aryl methyl sites for hydroxylation is 2. The molecule has 0 saturated heterocycles. The zero-order valence-electron chi connectivity index (χ0n) is 10.7. The molecule has 0 saturated carbocycles. The molecule has 0 aliphatic rings. The second kappa shape index (κ2) is 4.20. The molecule has 1 heterocycles. The summed E-state index contributed by atoms with van der Waals surface area (Å²) in [4.78, 5) is 4.45. The van der Waals surface area contributed by atoms with Gasteiger partial charge in [-0.15, -0.1) is 0 Å². The highest BCUT2D eigenvalue weighted by molar-refractivity contribution is 5.53. The molecular formula is C13H18N4. The van der Waals surface area contributed by atoms with Crippen molar-refractivity contribution < 1.29 is 0 Å². The van der Waals surface area contributed by atoms with Crippen LogP contribution in [0, 0.1) is 13.8 Å². The summed E-state index contributed by atoms with van der Waals surface area (Å²) < 4.78 is 1.84. The Labute approximate surface area is 101 Å². The summed E-state index contributed by atoms with van der Waals surface area (Å²) in [5.41, 5.74) is 8.74. The quantitative estimate of drug-likeness (QED) is 0.807. The van der Waals surface area contributed by atoms with Crippen molar-refractivity contribution in [1.82, 2.24) is 14.8 Å². The van der Waals surface area contributed by atoms with Crippen molar-refractivity contribution in [2.24, 2.45) is 0 Å². The predicted molar refractivity (Wildman–Crippen MR) is 69.3 cm³/mol. The lowest BCUT2D eigenvalue weighted by atomic mass is 10.2. The number of benzene rings is 1. The van der Waals surface area contributed by atoms with Crippen LogP contribution in [0.15, 0.2) is 18.2 Å². The lowest BCUT2D eigenvalue weighted by Crippen LogP contribution is -2.01. The van der Waals surface area contributed by atoms with Crippen LogP contribution in [0.3, 0.4) is 0 Å². The van der Waals surface area contributed by atoms with Crippen LogP contribution in [0.1, 0.15) is 37.0 Å². The SMILES string of the molecule is Cc1ccc(-n2nc(C(C)C)nc2C)cc1N. The molecule has 0 atom stereocenters. The smallest absolute Gasteiger partial charge is 0.153 e. The molecule has 2 N–H and O–H groups in total. The van der Waals surface area contributed by atoms with Crippen LogP contribution in [-0.2, 0) is 0 Å². The number of hydrogen-bond acceptors (Lipinski definition) is 3. The van der Waals surface area contributed by atoms with Gasteiger partial charge in [0.15, 0.2) is 5.82 Å². The van der Waals surface area contributed by atoms with Gasteiger partial charge in [-0.3, -0.25) is 0 Å². The van der Waals surface area contributed by atoms with Gasteiger partial charge in [-0.25, -0.2) is 9.67 Å². The first-order valence-electron chi connectivity index (χ1n) is 5.79. The molecule has 0 fully saturated rings. The fraction of sp³-hybridized carbons (Fsp3) is 0.385. The molecule has 0 bridgehead atoms. The van der Waals surface area contributed by atoms with Gasteiger partial charge in [-0.05, 0) is 31.5 Å². The number of nitrogens with zero attached hydrogens (tertiary/aromatic N) is 3. The maximum Gasteiger partial charge on any atom is 0.153 e. The summed E-state index contributed by atoms with van der Waals surface area (Å²) in [6.07, 6.45) is 0. The predicted octanol–water partition coefficient (Wildman–Crippen LogP) is 2.59. The van der Waals surface area contributed by atoms with Crippen LogP contribution in [0.4, 0.5) is 5.69 Å². The molecular weight excluding hydrogens is 212 g/mol. The van der Waals surface area contributed by atoms with Gasteiger partial charge in [0.25, 0.3) is 0 Å². The Hall–Kier alpha value is -1.84. The van der Waals surface area contributed by atoms with E-state index in [1.54, 1.807) is 0 Å². The van der Waals surface area contributed by atoms with Gasteiger partial charge >= 0.3 is 0 Å². The summed E-state index contributed by atoms with van der Waals surface area (Å²) in [7, 11) is 0. The molecule has 0 spiro atoms. The van der Waals surface area contributed by atoms with Crippen molar-refractivity contribution in [3.05, 3.63) is 35.4 Å². The highest BCUT2D eigenvalue weighted by Gasteiger charge is 2.11. The third kappa shape index (κ3) is 2.16. The van der Waals surface area contributed by atoms with Gasteiger partial charge < -0.3 is 5.73 Å². The lowest BCUT2D eigenvalue weighted by molar-refractivity contribution is 0.751. The minimum atomic E-state index is 0.331. The maximum absolute atomic E-state index is 5.91. The van der Waals surface area contributed by atoms with E-state index in [0.29, 0.717) is 5.92 Å². The fourth-order valence-corrected chi connectivity index (χ4v) is 1.66. The van der Waals surface area contributed by atoms with Gasteiger partial charge in [-0.2, -0.15) is 5.10 Å². The highest BCUT2D eigenvalue weighted by Crippen LogP contribution is 2.18. The second-order valence-electron chi connectivity index (χ2n) is 4.62. The Morgan fingerprint density at radius 1 is 1.24 bits per heavy atom. The highest BCUT2D eigenvalue weighted by atomic mass is 15.3. The van der Waals surface area contributed by atoms with E-state index in [1.807, 2.05) is 36.7 Å². The van der Waals surface area contributed by atoms with Crippen LogP contribution in [0.2, 0.25) is 0 Å². The Kier molecular flexibility index (Phi) is 2.88. The van der Waals surface area contributed by atoms with Crippen molar-refractivity contribution in [1.29, 1.82) is 0 Å². The number of aromatic nitrogens is 3. The Morgan fingerprint density at radius 2 is 1.94 bits per heavy atom. The molecule has 17 heavy (non-hydrogen) atoms. The second-order valence-corrected chi connectivity index (χ2v) is 4.62. The first-order chi connectivity index (χ1) is 7.99. The van der Waals surface area contributed by atoms with E-state index in [-0.39, 0.29) is 0 Å². The Morgan fingerprint density at radius 3 is 2.47 bits per heavy atom. The van der Waals surface area contributed by atoms with E-state index in [2.05, 4.69) is 23.9 Å². The molecule has 0 radical (unpaired) electrons. The largest absolute Gasteiger partial charge is 0.398 e. The summed E-state index contributed by atoms with van der Waals surface area (Å²) >= 11 is 0. The molecule has 0 unspecified atom stereocenters. The van der Waals surface area contributed by atoms with Gasteiger partial charge in [0.2, 0.25) is 0 Å². The number of hydrogen-bond donors (Lipinski definition) is 1. The molecule has 0 amide bonds. The molecule has 4 heteroatoms. The average Bonchev–Trinajstić information content (AvgIpc) is 2.65. The van der Waals surface area contributed by atoms with Crippen molar-refractivity contribution in [3.63, 3.8) is 0 Å². The normalized spacial score (nSPS) is 11.1. The van der Waals surface area contributed by atoms with Crippen LogP contribution >= 0.6 is 0 Å². The van der Waals surface area contributed by atoms with E-state index >= 15 is 0 Å². The number of anilines is 1. The van der Waals surface area contributed by atoms with Crippen molar-refractivity contribution in [2.45, 2.75) is 33.6 Å². The average molecular weight is 230 g/mol. The summed E-state index contributed by atoms with van der Waals surface area (Å²) in [6, 6.07) is 5.94.